The smallest absolute Gasteiger partial charge is 0.262 e. The fraction of sp³-hybridized carbons (Fsp3) is 0.211. The highest BCUT2D eigenvalue weighted by Crippen LogP contribution is 2.26. The molecule has 0 aliphatic rings. The number of nitrogens with zero attached hydrogens (tertiary/aromatic N) is 4. The number of ether oxygens (including phenoxy) is 1. The Morgan fingerprint density at radius 2 is 1.96 bits per heavy atom. The van der Waals surface area contributed by atoms with E-state index in [1.54, 1.807) is 10.6 Å². The molecule has 26 heavy (non-hydrogen) atoms. The van der Waals surface area contributed by atoms with Gasteiger partial charge in [0.05, 0.1) is 15.9 Å². The molecule has 0 radical (unpaired) electrons. The van der Waals surface area contributed by atoms with E-state index in [-0.39, 0.29) is 12.2 Å². The van der Waals surface area contributed by atoms with Crippen LogP contribution in [0, 0.1) is 6.92 Å². The average molecular weight is 369 g/mol. The zero-order chi connectivity index (χ0) is 18.3. The van der Waals surface area contributed by atoms with Gasteiger partial charge in [-0.1, -0.05) is 29.8 Å². The van der Waals surface area contributed by atoms with Gasteiger partial charge in [0.2, 0.25) is 5.78 Å². The number of aryl methyl sites for hydroxylation is 2. The van der Waals surface area contributed by atoms with Crippen molar-refractivity contribution in [2.45, 2.75) is 27.0 Å². The number of hydrogen-bond donors (Lipinski definition) is 0. The normalized spacial score (nSPS) is 11.3. The highest BCUT2D eigenvalue weighted by atomic mass is 35.5. The van der Waals surface area contributed by atoms with Crippen molar-refractivity contribution in [2.75, 3.05) is 0 Å². The van der Waals surface area contributed by atoms with Gasteiger partial charge in [-0.05, 0) is 43.7 Å². The van der Waals surface area contributed by atoms with Gasteiger partial charge < -0.3 is 4.74 Å². The Hall–Kier alpha value is -2.86. The minimum Gasteiger partial charge on any atom is -0.484 e. The molecule has 0 amide bonds. The topological polar surface area (TPSA) is 61.4 Å². The molecule has 2 aromatic heterocycles. The molecule has 4 rings (SSSR count). The van der Waals surface area contributed by atoms with Crippen LogP contribution in [0.5, 0.6) is 5.75 Å². The monoisotopic (exact) mass is 368 g/mol. The van der Waals surface area contributed by atoms with Gasteiger partial charge in [-0.3, -0.25) is 13.8 Å². The lowest BCUT2D eigenvalue weighted by Crippen LogP contribution is -2.22. The van der Waals surface area contributed by atoms with Crippen LogP contribution in [0.2, 0.25) is 5.02 Å². The van der Waals surface area contributed by atoms with Gasteiger partial charge in [-0.15, -0.1) is 10.2 Å². The molecule has 132 valence electrons. The van der Waals surface area contributed by atoms with Crippen LogP contribution in [0.3, 0.4) is 0 Å². The third-order valence-electron chi connectivity index (χ3n) is 4.33. The molecule has 2 aromatic carbocycles. The highest BCUT2D eigenvalue weighted by molar-refractivity contribution is 6.32. The Morgan fingerprint density at radius 1 is 1.15 bits per heavy atom. The van der Waals surface area contributed by atoms with E-state index in [9.17, 15) is 4.79 Å². The third kappa shape index (κ3) is 2.63. The van der Waals surface area contributed by atoms with Gasteiger partial charge in [0.1, 0.15) is 12.4 Å². The van der Waals surface area contributed by atoms with Crippen molar-refractivity contribution in [1.29, 1.82) is 0 Å². The number of aromatic nitrogens is 4. The first-order valence-corrected chi connectivity index (χ1v) is 8.72. The predicted molar refractivity (Wildman–Crippen MR) is 101 cm³/mol. The maximum atomic E-state index is 12.7. The maximum absolute atomic E-state index is 12.7. The fourth-order valence-corrected chi connectivity index (χ4v) is 3.23. The molecular formula is C19H17ClN4O2. The maximum Gasteiger partial charge on any atom is 0.262 e. The molecular weight excluding hydrogens is 352 g/mol. The standard InChI is InChI=1S/C19H17ClN4O2/c1-3-23-18(25)13-6-4-5-7-15(13)24-17(21-22-19(23)24)11-26-16-10-12(2)8-9-14(16)20/h4-10H,3,11H2,1-2H3. The molecule has 0 atom stereocenters. The summed E-state index contributed by atoms with van der Waals surface area (Å²) in [5.41, 5.74) is 1.74. The van der Waals surface area contributed by atoms with Crippen LogP contribution < -0.4 is 10.3 Å². The lowest BCUT2D eigenvalue weighted by molar-refractivity contribution is 0.295. The van der Waals surface area contributed by atoms with Crippen molar-refractivity contribution in [3.8, 4) is 5.75 Å². The van der Waals surface area contributed by atoms with E-state index in [0.29, 0.717) is 34.3 Å². The van der Waals surface area contributed by atoms with E-state index in [0.717, 1.165) is 11.1 Å². The Kier molecular flexibility index (Phi) is 4.12. The quantitative estimate of drug-likeness (QED) is 0.552. The summed E-state index contributed by atoms with van der Waals surface area (Å²) < 4.78 is 9.35. The van der Waals surface area contributed by atoms with Gasteiger partial charge in [0.25, 0.3) is 5.56 Å². The summed E-state index contributed by atoms with van der Waals surface area (Å²) in [7, 11) is 0. The molecule has 0 bridgehead atoms. The van der Waals surface area contributed by atoms with Gasteiger partial charge in [0, 0.05) is 6.54 Å². The van der Waals surface area contributed by atoms with Gasteiger partial charge in [0.15, 0.2) is 5.82 Å². The van der Waals surface area contributed by atoms with E-state index >= 15 is 0 Å². The van der Waals surface area contributed by atoms with E-state index in [2.05, 4.69) is 10.2 Å². The Morgan fingerprint density at radius 3 is 2.77 bits per heavy atom. The molecule has 4 aromatic rings. The first-order chi connectivity index (χ1) is 12.6. The largest absolute Gasteiger partial charge is 0.484 e. The molecule has 0 aliphatic carbocycles. The molecule has 0 N–H and O–H groups in total. The third-order valence-corrected chi connectivity index (χ3v) is 4.65. The van der Waals surface area contributed by atoms with E-state index in [4.69, 9.17) is 16.3 Å². The summed E-state index contributed by atoms with van der Waals surface area (Å²) in [6.45, 7) is 4.59. The van der Waals surface area contributed by atoms with Gasteiger partial charge in [-0.25, -0.2) is 0 Å². The van der Waals surface area contributed by atoms with Crippen LogP contribution in [0.4, 0.5) is 0 Å². The summed E-state index contributed by atoms with van der Waals surface area (Å²) in [6, 6.07) is 13.0. The molecule has 0 fully saturated rings. The van der Waals surface area contributed by atoms with E-state index in [1.807, 2.05) is 54.6 Å². The second kappa shape index (κ2) is 6.46. The van der Waals surface area contributed by atoms with Crippen LogP contribution in [0.15, 0.2) is 47.3 Å². The molecule has 0 aliphatic heterocycles. The van der Waals surface area contributed by atoms with Crippen molar-refractivity contribution >= 4 is 28.3 Å². The Bertz CT molecular complexity index is 1180. The number of fused-ring (bicyclic) bond motifs is 3. The van der Waals surface area contributed by atoms with Crippen molar-refractivity contribution in [1.82, 2.24) is 19.2 Å². The molecule has 0 spiro atoms. The van der Waals surface area contributed by atoms with Crippen molar-refractivity contribution in [3.05, 3.63) is 69.2 Å². The van der Waals surface area contributed by atoms with Gasteiger partial charge in [-0.2, -0.15) is 0 Å². The summed E-state index contributed by atoms with van der Waals surface area (Å²) in [5, 5.41) is 9.63. The molecule has 6 nitrogen and oxygen atoms in total. The molecule has 0 saturated carbocycles. The minimum absolute atomic E-state index is 0.0720. The van der Waals surface area contributed by atoms with Crippen LogP contribution in [0.25, 0.3) is 16.7 Å². The van der Waals surface area contributed by atoms with Crippen LogP contribution in [0.1, 0.15) is 18.3 Å². The lowest BCUT2D eigenvalue weighted by Gasteiger charge is -2.11. The zero-order valence-electron chi connectivity index (χ0n) is 14.4. The Balaban J connectivity index is 1.85. The lowest BCUT2D eigenvalue weighted by atomic mass is 10.2. The molecule has 0 unspecified atom stereocenters. The molecule has 7 heteroatoms. The summed E-state index contributed by atoms with van der Waals surface area (Å²) in [5.74, 6) is 1.71. The van der Waals surface area contributed by atoms with Crippen molar-refractivity contribution in [3.63, 3.8) is 0 Å². The van der Waals surface area contributed by atoms with Crippen LogP contribution in [-0.2, 0) is 13.2 Å². The van der Waals surface area contributed by atoms with Crippen molar-refractivity contribution < 1.29 is 4.74 Å². The highest BCUT2D eigenvalue weighted by Gasteiger charge is 2.16. The summed E-state index contributed by atoms with van der Waals surface area (Å²) >= 11 is 6.20. The second-order valence-corrected chi connectivity index (χ2v) is 6.45. The fourth-order valence-electron chi connectivity index (χ4n) is 3.06. The average Bonchev–Trinajstić information content (AvgIpc) is 3.07. The second-order valence-electron chi connectivity index (χ2n) is 6.04. The number of rotatable bonds is 4. The van der Waals surface area contributed by atoms with Crippen molar-refractivity contribution in [2.24, 2.45) is 0 Å². The van der Waals surface area contributed by atoms with Gasteiger partial charge >= 0.3 is 0 Å². The van der Waals surface area contributed by atoms with E-state index < -0.39 is 0 Å². The summed E-state index contributed by atoms with van der Waals surface area (Å²) in [6.07, 6.45) is 0. The predicted octanol–water partition coefficient (Wildman–Crippen LogP) is 3.60. The number of para-hydroxylation sites is 1. The SMILES string of the molecule is CCn1c(=O)c2ccccc2n2c(COc3cc(C)ccc3Cl)nnc12. The number of hydrogen-bond acceptors (Lipinski definition) is 4. The first-order valence-electron chi connectivity index (χ1n) is 8.34. The summed E-state index contributed by atoms with van der Waals surface area (Å²) in [4.78, 5) is 12.7. The zero-order valence-corrected chi connectivity index (χ0v) is 15.2. The molecule has 0 saturated heterocycles. The Labute approximate surface area is 154 Å². The van der Waals surface area contributed by atoms with Crippen LogP contribution >= 0.6 is 11.6 Å². The number of benzene rings is 2. The van der Waals surface area contributed by atoms with Crippen LogP contribution in [-0.4, -0.2) is 19.2 Å². The number of halogens is 1. The van der Waals surface area contributed by atoms with E-state index in [1.165, 1.54) is 0 Å². The minimum atomic E-state index is -0.0720. The molecule has 2 heterocycles. The first kappa shape index (κ1) is 16.6.